The Hall–Kier alpha value is -3.80. The molecule has 12 heteroatoms. The summed E-state index contributed by atoms with van der Waals surface area (Å²) in [5, 5.41) is 18.2. The molecule has 6 rings (SSSR count). The van der Waals surface area contributed by atoms with Gasteiger partial charge in [0.25, 0.3) is 0 Å². The Balaban J connectivity index is 1.03. The molecule has 1 aromatic carbocycles. The fraction of sp³-hybridized carbons (Fsp3) is 0.367. The molecular weight excluding hydrogens is 578 g/mol. The van der Waals surface area contributed by atoms with Gasteiger partial charge in [-0.25, -0.2) is 14.8 Å². The number of aromatic carboxylic acids is 1. The lowest BCUT2D eigenvalue weighted by Crippen LogP contribution is -2.16. The molecule has 0 bridgehead atoms. The summed E-state index contributed by atoms with van der Waals surface area (Å²) in [5.41, 5.74) is 5.04. The molecule has 3 aromatic heterocycles. The molecule has 10 nitrogen and oxygen atoms in total. The zero-order valence-electron chi connectivity index (χ0n) is 22.8. The number of carboxylic acids is 1. The Morgan fingerprint density at radius 2 is 1.93 bits per heavy atom. The molecule has 0 radical (unpaired) electrons. The first-order valence-corrected chi connectivity index (χ1v) is 15.2. The first kappa shape index (κ1) is 28.3. The van der Waals surface area contributed by atoms with Crippen molar-refractivity contribution in [3.63, 3.8) is 0 Å². The topological polar surface area (TPSA) is 136 Å². The number of pyridine rings is 2. The fourth-order valence-corrected chi connectivity index (χ4v) is 6.03. The quantitative estimate of drug-likeness (QED) is 0.170. The van der Waals surface area contributed by atoms with E-state index >= 15 is 0 Å². The molecular formula is C30H30ClN5O5S. The number of anilines is 2. The highest BCUT2D eigenvalue weighted by Crippen LogP contribution is 2.35. The molecule has 3 N–H and O–H groups in total. The molecule has 0 atom stereocenters. The number of rotatable bonds is 12. The fourth-order valence-electron chi connectivity index (χ4n) is 5.02. The van der Waals surface area contributed by atoms with Crippen LogP contribution < -0.4 is 15.4 Å². The number of fused-ring (bicyclic) bond motifs is 2. The smallest absolute Gasteiger partial charge is 0.351 e. The van der Waals surface area contributed by atoms with Crippen LogP contribution in [-0.2, 0) is 22.4 Å². The van der Waals surface area contributed by atoms with Gasteiger partial charge in [0.15, 0.2) is 4.88 Å². The molecule has 1 fully saturated rings. The molecule has 0 aliphatic heterocycles. The van der Waals surface area contributed by atoms with Crippen LogP contribution in [0.4, 0.5) is 11.5 Å². The number of halogens is 1. The van der Waals surface area contributed by atoms with Gasteiger partial charge in [-0.1, -0.05) is 11.6 Å². The number of nitrogens with zero attached hydrogens (tertiary/aromatic N) is 3. The summed E-state index contributed by atoms with van der Waals surface area (Å²) in [7, 11) is 0. The minimum Gasteiger partial charge on any atom is -0.477 e. The van der Waals surface area contributed by atoms with Crippen LogP contribution in [0.2, 0.25) is 5.02 Å². The third kappa shape index (κ3) is 6.48. The van der Waals surface area contributed by atoms with Crippen LogP contribution in [0.3, 0.4) is 0 Å². The van der Waals surface area contributed by atoms with Crippen molar-refractivity contribution in [3.8, 4) is 16.5 Å². The summed E-state index contributed by atoms with van der Waals surface area (Å²) in [6.45, 7) is 1.45. The SMILES string of the molecule is O=C(O)c1sc(-c2ccnc(NC(=O)C3CC3)c2)nc1OCCOCCNc1c2c(nc3cc(Cl)ccc13)CCCC2. The van der Waals surface area contributed by atoms with Gasteiger partial charge in [-0.2, -0.15) is 0 Å². The number of ether oxygens (including phenoxy) is 2. The number of nitrogens with one attached hydrogen (secondary N) is 2. The van der Waals surface area contributed by atoms with Crippen molar-refractivity contribution in [1.82, 2.24) is 15.0 Å². The maximum absolute atomic E-state index is 12.1. The van der Waals surface area contributed by atoms with Gasteiger partial charge >= 0.3 is 5.97 Å². The van der Waals surface area contributed by atoms with Gasteiger partial charge < -0.3 is 25.2 Å². The van der Waals surface area contributed by atoms with Crippen LogP contribution in [0.25, 0.3) is 21.5 Å². The number of thiazole rings is 1. The normalized spacial score (nSPS) is 14.4. The highest BCUT2D eigenvalue weighted by atomic mass is 35.5. The van der Waals surface area contributed by atoms with E-state index in [4.69, 9.17) is 26.1 Å². The highest BCUT2D eigenvalue weighted by molar-refractivity contribution is 7.17. The molecule has 1 saturated carbocycles. The summed E-state index contributed by atoms with van der Waals surface area (Å²) < 4.78 is 11.5. The van der Waals surface area contributed by atoms with Gasteiger partial charge in [-0.3, -0.25) is 9.78 Å². The largest absolute Gasteiger partial charge is 0.477 e. The lowest BCUT2D eigenvalue weighted by Gasteiger charge is -2.21. The van der Waals surface area contributed by atoms with Crippen molar-refractivity contribution >= 4 is 57.2 Å². The van der Waals surface area contributed by atoms with E-state index in [1.165, 1.54) is 5.56 Å². The molecule has 0 unspecified atom stereocenters. The Morgan fingerprint density at radius 3 is 2.76 bits per heavy atom. The first-order valence-electron chi connectivity index (χ1n) is 14.0. The summed E-state index contributed by atoms with van der Waals surface area (Å²) in [4.78, 5) is 37.4. The predicted octanol–water partition coefficient (Wildman–Crippen LogP) is 5.84. The zero-order chi connectivity index (χ0) is 29.1. The third-order valence-electron chi connectivity index (χ3n) is 7.24. The van der Waals surface area contributed by atoms with Gasteiger partial charge in [-0.15, -0.1) is 11.3 Å². The molecule has 3 heterocycles. The zero-order valence-corrected chi connectivity index (χ0v) is 24.4. The summed E-state index contributed by atoms with van der Waals surface area (Å²) >= 11 is 7.23. The molecule has 0 saturated heterocycles. The summed E-state index contributed by atoms with van der Waals surface area (Å²) in [6.07, 6.45) is 7.58. The van der Waals surface area contributed by atoms with Crippen molar-refractivity contribution in [2.24, 2.45) is 5.92 Å². The minimum atomic E-state index is -1.12. The average molecular weight is 608 g/mol. The van der Waals surface area contributed by atoms with E-state index in [0.29, 0.717) is 34.6 Å². The lowest BCUT2D eigenvalue weighted by atomic mass is 9.92. The lowest BCUT2D eigenvalue weighted by molar-refractivity contribution is -0.117. The van der Waals surface area contributed by atoms with Crippen LogP contribution in [0.5, 0.6) is 5.88 Å². The molecule has 1 amide bonds. The first-order chi connectivity index (χ1) is 20.5. The van der Waals surface area contributed by atoms with Crippen LogP contribution in [0, 0.1) is 5.92 Å². The summed E-state index contributed by atoms with van der Waals surface area (Å²) in [6, 6.07) is 9.20. The van der Waals surface area contributed by atoms with Gasteiger partial charge in [0.1, 0.15) is 17.4 Å². The molecule has 42 heavy (non-hydrogen) atoms. The van der Waals surface area contributed by atoms with Crippen LogP contribution >= 0.6 is 22.9 Å². The van der Waals surface area contributed by atoms with Crippen molar-refractivity contribution in [3.05, 3.63) is 57.7 Å². The van der Waals surface area contributed by atoms with E-state index in [0.717, 1.165) is 72.1 Å². The molecule has 4 aromatic rings. The van der Waals surface area contributed by atoms with Crippen LogP contribution in [0.1, 0.15) is 46.6 Å². The number of benzene rings is 1. The number of aromatic nitrogens is 3. The van der Waals surface area contributed by atoms with Gasteiger partial charge in [0.05, 0.1) is 18.7 Å². The number of carbonyl (C=O) groups is 2. The van der Waals surface area contributed by atoms with Crippen molar-refractivity contribution < 1.29 is 24.2 Å². The molecule has 2 aliphatic carbocycles. The number of carboxylic acid groups (broad SMARTS) is 1. The second-order valence-electron chi connectivity index (χ2n) is 10.3. The van der Waals surface area contributed by atoms with Gasteiger partial charge in [-0.05, 0) is 74.4 Å². The Bertz CT molecular complexity index is 1640. The second-order valence-corrected chi connectivity index (χ2v) is 11.8. The Labute approximate surface area is 251 Å². The maximum Gasteiger partial charge on any atom is 0.351 e. The number of carbonyl (C=O) groups excluding carboxylic acids is 1. The van der Waals surface area contributed by atoms with Gasteiger partial charge in [0.2, 0.25) is 11.8 Å². The summed E-state index contributed by atoms with van der Waals surface area (Å²) in [5.74, 6) is -0.678. The standard InChI is InChI=1S/C30H30ClN5O5S/c31-19-7-8-21-23(16-19)34-22-4-2-1-3-20(22)25(21)33-11-12-40-13-14-41-28-26(30(38)39)42-29(36-28)18-9-10-32-24(15-18)35-27(37)17-5-6-17/h7-10,15-17H,1-6,11-14H2,(H,33,34)(H,38,39)(H,32,35,37). The van der Waals surface area contributed by atoms with E-state index in [-0.39, 0.29) is 35.8 Å². The number of aryl methyl sites for hydroxylation is 1. The van der Waals surface area contributed by atoms with E-state index in [1.807, 2.05) is 18.2 Å². The van der Waals surface area contributed by atoms with E-state index in [2.05, 4.69) is 20.6 Å². The van der Waals surface area contributed by atoms with Gasteiger partial charge in [0, 0.05) is 46.0 Å². The second kappa shape index (κ2) is 12.6. The molecule has 218 valence electrons. The number of hydrogen-bond donors (Lipinski definition) is 3. The van der Waals surface area contributed by atoms with Crippen molar-refractivity contribution in [2.45, 2.75) is 38.5 Å². The number of hydrogen-bond acceptors (Lipinski definition) is 9. The highest BCUT2D eigenvalue weighted by Gasteiger charge is 2.30. The average Bonchev–Trinajstić information content (AvgIpc) is 3.75. The van der Waals surface area contributed by atoms with Crippen molar-refractivity contribution in [1.29, 1.82) is 0 Å². The maximum atomic E-state index is 12.1. The molecule has 2 aliphatic rings. The van der Waals surface area contributed by atoms with Crippen LogP contribution in [-0.4, -0.2) is 58.3 Å². The number of amides is 1. The van der Waals surface area contributed by atoms with E-state index < -0.39 is 5.97 Å². The Kier molecular flexibility index (Phi) is 8.50. The van der Waals surface area contributed by atoms with E-state index in [9.17, 15) is 14.7 Å². The predicted molar refractivity (Wildman–Crippen MR) is 162 cm³/mol. The van der Waals surface area contributed by atoms with Crippen molar-refractivity contribution in [2.75, 3.05) is 37.0 Å². The monoisotopic (exact) mass is 607 g/mol. The molecule has 0 spiro atoms. The minimum absolute atomic E-state index is 0.00138. The Morgan fingerprint density at radius 1 is 1.07 bits per heavy atom. The van der Waals surface area contributed by atoms with E-state index in [1.54, 1.807) is 18.3 Å². The van der Waals surface area contributed by atoms with Crippen LogP contribution in [0.15, 0.2) is 36.5 Å². The third-order valence-corrected chi connectivity index (χ3v) is 8.55.